The first-order chi connectivity index (χ1) is 11.2. The zero-order chi connectivity index (χ0) is 16.5. The predicted octanol–water partition coefficient (Wildman–Crippen LogP) is 3.69. The van der Waals surface area contributed by atoms with Gasteiger partial charge in [0.15, 0.2) is 5.17 Å². The number of hydrogen-bond acceptors (Lipinski definition) is 5. The van der Waals surface area contributed by atoms with Gasteiger partial charge in [0.2, 0.25) is 0 Å². The smallest absolute Gasteiger partial charge is 0.410 e. The van der Waals surface area contributed by atoms with E-state index in [9.17, 15) is 9.59 Å². The van der Waals surface area contributed by atoms with Crippen LogP contribution in [0, 0.1) is 0 Å². The minimum Gasteiger partial charge on any atom is -0.410 e. The normalized spacial score (nSPS) is 10.7. The van der Waals surface area contributed by atoms with Gasteiger partial charge in [0.1, 0.15) is 11.5 Å². The van der Waals surface area contributed by atoms with Crippen molar-refractivity contribution in [1.82, 2.24) is 5.32 Å². The Hall–Kier alpha value is -2.80. The summed E-state index contributed by atoms with van der Waals surface area (Å²) in [6.45, 7) is 0. The number of ether oxygens (including phenoxy) is 2. The molecule has 0 aliphatic carbocycles. The van der Waals surface area contributed by atoms with Crippen molar-refractivity contribution in [3.05, 3.63) is 60.7 Å². The Bertz CT molecular complexity index is 690. The average molecular weight is 330 g/mol. The third-order valence-corrected chi connectivity index (χ3v) is 3.08. The van der Waals surface area contributed by atoms with E-state index < -0.39 is 12.2 Å². The fourth-order valence-corrected chi connectivity index (χ4v) is 1.88. The number of nitrogens with one attached hydrogen (secondary N) is 1. The molecule has 0 heterocycles. The molecule has 0 aromatic heterocycles. The second kappa shape index (κ2) is 8.60. The van der Waals surface area contributed by atoms with Crippen molar-refractivity contribution in [3.63, 3.8) is 0 Å². The SMILES string of the molecule is CS/C(=N\C(=O)Oc1ccccc1)NC(=O)Oc1ccccc1. The van der Waals surface area contributed by atoms with E-state index in [0.29, 0.717) is 11.5 Å². The Morgan fingerprint density at radius 2 is 1.43 bits per heavy atom. The summed E-state index contributed by atoms with van der Waals surface area (Å²) >= 11 is 1.08. The zero-order valence-corrected chi connectivity index (χ0v) is 13.1. The number of carbonyl (C=O) groups excluding carboxylic acids is 2. The van der Waals surface area contributed by atoms with Gasteiger partial charge in [-0.15, -0.1) is 0 Å². The molecule has 0 atom stereocenters. The van der Waals surface area contributed by atoms with Crippen LogP contribution in [0.15, 0.2) is 65.7 Å². The van der Waals surface area contributed by atoms with Crippen molar-refractivity contribution in [1.29, 1.82) is 0 Å². The summed E-state index contributed by atoms with van der Waals surface area (Å²) in [4.78, 5) is 27.1. The maximum Gasteiger partial charge on any atom is 0.441 e. The molecule has 0 unspecified atom stereocenters. The van der Waals surface area contributed by atoms with E-state index >= 15 is 0 Å². The van der Waals surface area contributed by atoms with Crippen LogP contribution in [-0.2, 0) is 0 Å². The van der Waals surface area contributed by atoms with Crippen molar-refractivity contribution in [2.45, 2.75) is 0 Å². The summed E-state index contributed by atoms with van der Waals surface area (Å²) in [5, 5.41) is 2.46. The first-order valence-corrected chi connectivity index (χ1v) is 7.83. The number of para-hydroxylation sites is 2. The number of thioether (sulfide) groups is 1. The lowest BCUT2D eigenvalue weighted by Crippen LogP contribution is -2.31. The lowest BCUT2D eigenvalue weighted by atomic mass is 10.3. The van der Waals surface area contributed by atoms with Gasteiger partial charge in [-0.2, -0.15) is 4.99 Å². The maximum absolute atomic E-state index is 11.7. The number of nitrogens with zero attached hydrogens (tertiary/aromatic N) is 1. The van der Waals surface area contributed by atoms with Crippen LogP contribution in [0.3, 0.4) is 0 Å². The molecular weight excluding hydrogens is 316 g/mol. The highest BCUT2D eigenvalue weighted by Gasteiger charge is 2.10. The van der Waals surface area contributed by atoms with Crippen molar-refractivity contribution in [2.24, 2.45) is 4.99 Å². The molecule has 6 nitrogen and oxygen atoms in total. The lowest BCUT2D eigenvalue weighted by Gasteiger charge is -2.07. The highest BCUT2D eigenvalue weighted by Crippen LogP contribution is 2.10. The van der Waals surface area contributed by atoms with Crippen LogP contribution in [0.25, 0.3) is 0 Å². The van der Waals surface area contributed by atoms with E-state index in [2.05, 4.69) is 10.3 Å². The Kier molecular flexibility index (Phi) is 6.19. The second-order valence-corrected chi connectivity index (χ2v) is 4.92. The van der Waals surface area contributed by atoms with E-state index in [1.54, 1.807) is 66.9 Å². The van der Waals surface area contributed by atoms with Gasteiger partial charge in [-0.3, -0.25) is 5.32 Å². The molecule has 0 bridgehead atoms. The van der Waals surface area contributed by atoms with Gasteiger partial charge in [-0.05, 0) is 30.5 Å². The largest absolute Gasteiger partial charge is 0.441 e. The van der Waals surface area contributed by atoms with Crippen LogP contribution in [-0.4, -0.2) is 23.6 Å². The molecule has 118 valence electrons. The molecule has 2 aromatic carbocycles. The predicted molar refractivity (Wildman–Crippen MR) is 89.0 cm³/mol. The van der Waals surface area contributed by atoms with Crippen LogP contribution in [0.5, 0.6) is 11.5 Å². The fourth-order valence-electron chi connectivity index (χ4n) is 1.53. The Morgan fingerprint density at radius 3 is 1.96 bits per heavy atom. The summed E-state index contributed by atoms with van der Waals surface area (Å²) in [6, 6.07) is 17.1. The Balaban J connectivity index is 1.93. The van der Waals surface area contributed by atoms with Gasteiger partial charge in [0.05, 0.1) is 0 Å². The highest BCUT2D eigenvalue weighted by molar-refractivity contribution is 8.13. The first-order valence-electron chi connectivity index (χ1n) is 6.61. The van der Waals surface area contributed by atoms with E-state index in [0.717, 1.165) is 11.8 Å². The molecule has 0 fully saturated rings. The molecule has 0 aliphatic heterocycles. The van der Waals surface area contributed by atoms with E-state index in [1.807, 2.05) is 0 Å². The minimum atomic E-state index is -0.833. The Labute approximate surface area is 137 Å². The van der Waals surface area contributed by atoms with Crippen LogP contribution in [0.1, 0.15) is 0 Å². The van der Waals surface area contributed by atoms with Crippen LogP contribution in [0.4, 0.5) is 9.59 Å². The molecule has 1 N–H and O–H groups in total. The molecule has 0 spiro atoms. The lowest BCUT2D eigenvalue weighted by molar-refractivity contribution is 0.206. The van der Waals surface area contributed by atoms with E-state index in [-0.39, 0.29) is 5.17 Å². The maximum atomic E-state index is 11.7. The van der Waals surface area contributed by atoms with Crippen molar-refractivity contribution < 1.29 is 19.1 Å². The summed E-state index contributed by atoms with van der Waals surface area (Å²) in [6.07, 6.45) is 0.0922. The van der Waals surface area contributed by atoms with Gasteiger partial charge >= 0.3 is 12.2 Å². The minimum absolute atomic E-state index is 0.0758. The van der Waals surface area contributed by atoms with Crippen molar-refractivity contribution >= 4 is 29.1 Å². The quantitative estimate of drug-likeness (QED) is 0.671. The van der Waals surface area contributed by atoms with Gasteiger partial charge in [0.25, 0.3) is 0 Å². The number of carbonyl (C=O) groups is 2. The summed E-state index contributed by atoms with van der Waals surface area (Å²) in [5.74, 6) is 0.755. The highest BCUT2D eigenvalue weighted by atomic mass is 32.2. The molecule has 0 saturated heterocycles. The molecule has 7 heteroatoms. The number of hydrogen-bond donors (Lipinski definition) is 1. The first kappa shape index (κ1) is 16.6. The monoisotopic (exact) mass is 330 g/mol. The molecule has 2 amide bonds. The van der Waals surface area contributed by atoms with Crippen molar-refractivity contribution in [2.75, 3.05) is 6.26 Å². The second-order valence-electron chi connectivity index (χ2n) is 4.13. The van der Waals surface area contributed by atoms with Gasteiger partial charge in [-0.1, -0.05) is 48.2 Å². The molecule has 0 aliphatic rings. The van der Waals surface area contributed by atoms with Crippen LogP contribution >= 0.6 is 11.8 Å². The summed E-state index contributed by atoms with van der Waals surface area (Å²) in [5.41, 5.74) is 0. The topological polar surface area (TPSA) is 77.0 Å². The molecule has 0 radical (unpaired) electrons. The number of amides is 2. The van der Waals surface area contributed by atoms with Gasteiger partial charge in [-0.25, -0.2) is 9.59 Å². The number of aliphatic imine (C=N–C) groups is 1. The van der Waals surface area contributed by atoms with Gasteiger partial charge in [0, 0.05) is 0 Å². The fraction of sp³-hybridized carbons (Fsp3) is 0.0625. The van der Waals surface area contributed by atoms with Crippen LogP contribution in [0.2, 0.25) is 0 Å². The number of rotatable bonds is 2. The number of benzene rings is 2. The third kappa shape index (κ3) is 5.84. The molecule has 0 saturated carbocycles. The standard InChI is InChI=1S/C16H14N2O4S/c1-23-14(17-15(19)21-12-8-4-2-5-9-12)18-16(20)22-13-10-6-3-7-11-13/h2-11H,1H3,(H,17,18,19,20). The van der Waals surface area contributed by atoms with E-state index in [1.165, 1.54) is 0 Å². The molecular formula is C16H14N2O4S. The summed E-state index contributed by atoms with van der Waals surface area (Å²) in [7, 11) is 0. The molecule has 2 aromatic rings. The van der Waals surface area contributed by atoms with Crippen molar-refractivity contribution in [3.8, 4) is 11.5 Å². The third-order valence-electron chi connectivity index (χ3n) is 2.50. The molecule has 23 heavy (non-hydrogen) atoms. The zero-order valence-electron chi connectivity index (χ0n) is 12.3. The molecule has 2 rings (SSSR count). The van der Waals surface area contributed by atoms with Crippen LogP contribution < -0.4 is 14.8 Å². The van der Waals surface area contributed by atoms with Gasteiger partial charge < -0.3 is 9.47 Å². The Morgan fingerprint density at radius 1 is 0.913 bits per heavy atom. The number of amidine groups is 1. The van der Waals surface area contributed by atoms with E-state index in [4.69, 9.17) is 9.47 Å². The average Bonchev–Trinajstić information content (AvgIpc) is 2.56. The summed E-state index contributed by atoms with van der Waals surface area (Å²) < 4.78 is 10.1.